The Balaban J connectivity index is 2.37. The molecule has 60 valence electrons. The van der Waals surface area contributed by atoms with Crippen molar-refractivity contribution >= 4 is 5.82 Å². The summed E-state index contributed by atoms with van der Waals surface area (Å²) in [6.07, 6.45) is 3.30. The minimum atomic E-state index is 0.775. The van der Waals surface area contributed by atoms with Crippen molar-refractivity contribution in [2.75, 3.05) is 11.9 Å². The lowest BCUT2D eigenvalue weighted by molar-refractivity contribution is 0.592. The molecule has 1 aliphatic rings. The first-order valence-electron chi connectivity index (χ1n) is 4.18. The van der Waals surface area contributed by atoms with E-state index < -0.39 is 0 Å². The van der Waals surface area contributed by atoms with E-state index in [2.05, 4.69) is 30.3 Å². The van der Waals surface area contributed by atoms with Gasteiger partial charge in [0.2, 0.25) is 0 Å². The van der Waals surface area contributed by atoms with E-state index in [1.807, 2.05) is 0 Å². The van der Waals surface area contributed by atoms with Gasteiger partial charge in [-0.05, 0) is 30.4 Å². The minimum absolute atomic E-state index is 0.775. The molecule has 2 heterocycles. The molecule has 0 saturated carbocycles. The summed E-state index contributed by atoms with van der Waals surface area (Å²) < 4.78 is 0. The van der Waals surface area contributed by atoms with E-state index in [1.165, 1.54) is 23.4 Å². The molecule has 0 radical (unpaired) electrons. The van der Waals surface area contributed by atoms with E-state index in [9.17, 15) is 0 Å². The maximum absolute atomic E-state index is 3.38. The number of hydrogen-bond acceptors (Lipinski definition) is 1. The number of hydrogen-bond donors (Lipinski definition) is 2. The molecule has 1 aliphatic heterocycles. The molecule has 2 rings (SSSR count). The van der Waals surface area contributed by atoms with Crippen LogP contribution < -0.4 is 5.32 Å². The van der Waals surface area contributed by atoms with Crippen molar-refractivity contribution in [1.82, 2.24) is 4.98 Å². The summed E-state index contributed by atoms with van der Waals surface area (Å²) in [7, 11) is 0. The zero-order chi connectivity index (χ0) is 7.84. The lowest BCUT2D eigenvalue weighted by Gasteiger charge is -2.20. The van der Waals surface area contributed by atoms with Gasteiger partial charge in [0.1, 0.15) is 5.82 Å². The smallest absolute Gasteiger partial charge is 0.106 e. The fourth-order valence-corrected chi connectivity index (χ4v) is 1.67. The predicted octanol–water partition coefficient (Wildman–Crippen LogP) is 1.93. The van der Waals surface area contributed by atoms with Gasteiger partial charge >= 0.3 is 0 Å². The van der Waals surface area contributed by atoms with Gasteiger partial charge in [0.15, 0.2) is 0 Å². The number of aryl methyl sites for hydroxylation is 1. The number of rotatable bonds is 0. The van der Waals surface area contributed by atoms with Crippen LogP contribution in [0.2, 0.25) is 0 Å². The van der Waals surface area contributed by atoms with E-state index in [1.54, 1.807) is 0 Å². The minimum Gasteiger partial charge on any atom is -0.371 e. The average molecular weight is 150 g/mol. The number of H-pyrrole nitrogens is 1. The molecule has 0 saturated heterocycles. The third-order valence-corrected chi connectivity index (χ3v) is 2.39. The Bertz CT molecular complexity index is 263. The van der Waals surface area contributed by atoms with Gasteiger partial charge in [-0.25, -0.2) is 0 Å². The topological polar surface area (TPSA) is 27.8 Å². The number of aromatic amines is 1. The molecule has 11 heavy (non-hydrogen) atoms. The highest BCUT2D eigenvalue weighted by molar-refractivity contribution is 5.51. The van der Waals surface area contributed by atoms with E-state index in [0.29, 0.717) is 0 Å². The van der Waals surface area contributed by atoms with Gasteiger partial charge in [-0.15, -0.1) is 0 Å². The molecule has 0 aromatic carbocycles. The van der Waals surface area contributed by atoms with Crippen molar-refractivity contribution in [1.29, 1.82) is 0 Å². The molecular formula is C9H14N2. The molecule has 2 nitrogen and oxygen atoms in total. The zero-order valence-electron chi connectivity index (χ0n) is 7.07. The number of anilines is 1. The van der Waals surface area contributed by atoms with Gasteiger partial charge in [-0.3, -0.25) is 0 Å². The molecule has 2 N–H and O–H groups in total. The maximum Gasteiger partial charge on any atom is 0.106 e. The van der Waals surface area contributed by atoms with E-state index in [4.69, 9.17) is 0 Å². The van der Waals surface area contributed by atoms with Gasteiger partial charge in [-0.2, -0.15) is 0 Å². The summed E-state index contributed by atoms with van der Waals surface area (Å²) in [6.45, 7) is 5.55. The van der Waals surface area contributed by atoms with Gasteiger partial charge in [0, 0.05) is 12.7 Å². The number of nitrogens with one attached hydrogen (secondary N) is 2. The predicted molar refractivity (Wildman–Crippen MR) is 46.9 cm³/mol. The Morgan fingerprint density at radius 1 is 1.55 bits per heavy atom. The Kier molecular flexibility index (Phi) is 1.41. The second-order valence-corrected chi connectivity index (χ2v) is 3.52. The van der Waals surface area contributed by atoms with Crippen LogP contribution >= 0.6 is 0 Å². The van der Waals surface area contributed by atoms with E-state index in [-0.39, 0.29) is 0 Å². The summed E-state index contributed by atoms with van der Waals surface area (Å²) in [5.74, 6) is 2.01. The van der Waals surface area contributed by atoms with Crippen molar-refractivity contribution < 1.29 is 0 Å². The van der Waals surface area contributed by atoms with E-state index >= 15 is 0 Å². The van der Waals surface area contributed by atoms with Crippen LogP contribution in [0.3, 0.4) is 0 Å². The number of fused-ring (bicyclic) bond motifs is 1. The Hall–Kier alpha value is -0.920. The third kappa shape index (κ3) is 1.02. The monoisotopic (exact) mass is 150 g/mol. The van der Waals surface area contributed by atoms with Crippen LogP contribution in [-0.4, -0.2) is 11.5 Å². The molecule has 1 aromatic rings. The van der Waals surface area contributed by atoms with E-state index in [0.717, 1.165) is 12.5 Å². The van der Waals surface area contributed by atoms with Gasteiger partial charge in [-0.1, -0.05) is 6.92 Å². The van der Waals surface area contributed by atoms with Crippen molar-refractivity contribution in [3.63, 3.8) is 0 Å². The maximum atomic E-state index is 3.38. The summed E-state index contributed by atoms with van der Waals surface area (Å²) in [5.41, 5.74) is 2.86. The standard InChI is InChI=1S/C9H14N2/c1-6-3-8-7(2)5-11-9(8)10-4-6/h5-6,10-11H,3-4H2,1-2H3. The first-order valence-corrected chi connectivity index (χ1v) is 4.18. The lowest BCUT2D eigenvalue weighted by Crippen LogP contribution is -2.20. The van der Waals surface area contributed by atoms with Gasteiger partial charge < -0.3 is 10.3 Å². The molecule has 0 amide bonds. The summed E-state index contributed by atoms with van der Waals surface area (Å²) in [5, 5.41) is 3.38. The number of aromatic nitrogens is 1. The van der Waals surface area contributed by atoms with Crippen LogP contribution in [0.25, 0.3) is 0 Å². The second-order valence-electron chi connectivity index (χ2n) is 3.52. The summed E-state index contributed by atoms with van der Waals surface area (Å²) in [4.78, 5) is 3.24. The lowest BCUT2D eigenvalue weighted by atomic mass is 9.97. The SMILES string of the molecule is Cc1c[nH]c2c1CC(C)CN2. The van der Waals surface area contributed by atoms with Crippen molar-refractivity contribution in [3.8, 4) is 0 Å². The highest BCUT2D eigenvalue weighted by atomic mass is 15.0. The molecule has 1 atom stereocenters. The summed E-state index contributed by atoms with van der Waals surface area (Å²) >= 11 is 0. The van der Waals surface area contributed by atoms with Crippen LogP contribution in [0.4, 0.5) is 5.82 Å². The van der Waals surface area contributed by atoms with Crippen LogP contribution in [0.1, 0.15) is 18.1 Å². The Labute approximate surface area is 67.0 Å². The fraction of sp³-hybridized carbons (Fsp3) is 0.556. The Morgan fingerprint density at radius 3 is 3.18 bits per heavy atom. The molecule has 1 unspecified atom stereocenters. The van der Waals surface area contributed by atoms with Crippen LogP contribution in [0.5, 0.6) is 0 Å². The molecule has 0 aliphatic carbocycles. The van der Waals surface area contributed by atoms with Crippen LogP contribution in [-0.2, 0) is 6.42 Å². The zero-order valence-corrected chi connectivity index (χ0v) is 7.07. The second kappa shape index (κ2) is 2.29. The Morgan fingerprint density at radius 2 is 2.36 bits per heavy atom. The average Bonchev–Trinajstić information content (AvgIpc) is 2.33. The fourth-order valence-electron chi connectivity index (χ4n) is 1.67. The normalized spacial score (nSPS) is 22.5. The summed E-state index contributed by atoms with van der Waals surface area (Å²) in [6, 6.07) is 0. The van der Waals surface area contributed by atoms with Gasteiger partial charge in [0.05, 0.1) is 0 Å². The van der Waals surface area contributed by atoms with Crippen LogP contribution in [0, 0.1) is 12.8 Å². The first-order chi connectivity index (χ1) is 5.27. The van der Waals surface area contributed by atoms with Crippen molar-refractivity contribution in [3.05, 3.63) is 17.3 Å². The molecule has 0 fully saturated rings. The molecule has 0 spiro atoms. The van der Waals surface area contributed by atoms with Crippen LogP contribution in [0.15, 0.2) is 6.20 Å². The molecule has 1 aromatic heterocycles. The first kappa shape index (κ1) is 6.77. The van der Waals surface area contributed by atoms with Crippen molar-refractivity contribution in [2.24, 2.45) is 5.92 Å². The molecule has 2 heteroatoms. The highest BCUT2D eigenvalue weighted by Gasteiger charge is 2.16. The molecular weight excluding hydrogens is 136 g/mol. The van der Waals surface area contributed by atoms with Crippen molar-refractivity contribution in [2.45, 2.75) is 20.3 Å². The third-order valence-electron chi connectivity index (χ3n) is 2.39. The highest BCUT2D eigenvalue weighted by Crippen LogP contribution is 2.25. The largest absolute Gasteiger partial charge is 0.371 e. The quantitative estimate of drug-likeness (QED) is 0.581. The van der Waals surface area contributed by atoms with Gasteiger partial charge in [0.25, 0.3) is 0 Å². The molecule has 0 bridgehead atoms.